The molecule has 1 amide bonds. The van der Waals surface area contributed by atoms with Crippen LogP contribution in [0.15, 0.2) is 36.4 Å². The first-order valence-corrected chi connectivity index (χ1v) is 9.98. The topological polar surface area (TPSA) is 62.8 Å². The summed E-state index contributed by atoms with van der Waals surface area (Å²) in [7, 11) is 5.68. The molecule has 0 bridgehead atoms. The van der Waals surface area contributed by atoms with Gasteiger partial charge < -0.3 is 25.0 Å². The summed E-state index contributed by atoms with van der Waals surface area (Å²) in [5.41, 5.74) is 2.78. The molecule has 0 aromatic heterocycles. The van der Waals surface area contributed by atoms with Gasteiger partial charge in [0.05, 0.1) is 7.11 Å². The smallest absolute Gasteiger partial charge is 0.262 e. The molecule has 158 valence electrons. The molecule has 0 atom stereocenters. The lowest BCUT2D eigenvalue weighted by molar-refractivity contribution is -0.118. The molecule has 6 nitrogen and oxygen atoms in total. The van der Waals surface area contributed by atoms with Gasteiger partial charge in [0.15, 0.2) is 18.1 Å². The normalized spacial score (nSPS) is 10.8. The molecule has 2 aromatic carbocycles. The van der Waals surface area contributed by atoms with Gasteiger partial charge in [-0.1, -0.05) is 29.3 Å². The maximum absolute atomic E-state index is 12.1. The van der Waals surface area contributed by atoms with Gasteiger partial charge in [-0.05, 0) is 64.3 Å². The van der Waals surface area contributed by atoms with E-state index in [-0.39, 0.29) is 12.5 Å². The summed E-state index contributed by atoms with van der Waals surface area (Å²) < 4.78 is 11.1. The van der Waals surface area contributed by atoms with Crippen LogP contribution < -0.4 is 20.1 Å². The van der Waals surface area contributed by atoms with Gasteiger partial charge in [-0.3, -0.25) is 4.79 Å². The third kappa shape index (κ3) is 7.93. The van der Waals surface area contributed by atoms with Crippen LogP contribution in [0.4, 0.5) is 5.69 Å². The highest BCUT2D eigenvalue weighted by molar-refractivity contribution is 6.31. The third-order valence-electron chi connectivity index (χ3n) is 4.30. The van der Waals surface area contributed by atoms with E-state index < -0.39 is 0 Å². The number of carbonyl (C=O) groups is 1. The van der Waals surface area contributed by atoms with Crippen LogP contribution in [0, 0.1) is 6.92 Å². The van der Waals surface area contributed by atoms with Crippen molar-refractivity contribution in [3.05, 3.63) is 52.5 Å². The highest BCUT2D eigenvalue weighted by Crippen LogP contribution is 2.33. The molecular formula is C22H30ClN3O3. The predicted molar refractivity (Wildman–Crippen MR) is 118 cm³/mol. The van der Waals surface area contributed by atoms with Gasteiger partial charge in [-0.25, -0.2) is 0 Å². The van der Waals surface area contributed by atoms with Crippen molar-refractivity contribution in [3.8, 4) is 11.5 Å². The molecule has 0 heterocycles. The number of methoxy groups -OCH3 is 1. The first kappa shape index (κ1) is 23.0. The number of amides is 1. The van der Waals surface area contributed by atoms with Crippen molar-refractivity contribution in [1.82, 2.24) is 10.2 Å². The Morgan fingerprint density at radius 3 is 2.52 bits per heavy atom. The molecule has 29 heavy (non-hydrogen) atoms. The van der Waals surface area contributed by atoms with Crippen molar-refractivity contribution >= 4 is 23.2 Å². The number of ether oxygens (including phenoxy) is 2. The molecule has 7 heteroatoms. The molecule has 0 radical (unpaired) electrons. The van der Waals surface area contributed by atoms with E-state index in [9.17, 15) is 4.79 Å². The standard InChI is InChI=1S/C22H30ClN3O3/c1-16-6-8-18(9-7-16)25-22(27)15-29-21-13-19(23)17(12-20(21)28-4)14-24-10-5-11-26(2)3/h6-9,12-13,24H,5,10-11,14-15H2,1-4H3,(H,25,27). The highest BCUT2D eigenvalue weighted by Gasteiger charge is 2.12. The molecule has 2 N–H and O–H groups in total. The lowest BCUT2D eigenvalue weighted by Crippen LogP contribution is -2.21. The van der Waals surface area contributed by atoms with Crippen LogP contribution in [-0.4, -0.2) is 51.7 Å². The second kappa shape index (κ2) is 11.7. The van der Waals surface area contributed by atoms with Gasteiger partial charge in [0.2, 0.25) is 0 Å². The number of carbonyl (C=O) groups excluding carboxylic acids is 1. The highest BCUT2D eigenvalue weighted by atomic mass is 35.5. The average Bonchev–Trinajstić information content (AvgIpc) is 2.68. The molecule has 2 rings (SSSR count). The van der Waals surface area contributed by atoms with Crippen LogP contribution in [0.3, 0.4) is 0 Å². The molecule has 0 aliphatic heterocycles. The van der Waals surface area contributed by atoms with Crippen molar-refractivity contribution in [2.45, 2.75) is 19.9 Å². The van der Waals surface area contributed by atoms with Crippen molar-refractivity contribution in [2.75, 3.05) is 46.2 Å². The number of hydrogen-bond acceptors (Lipinski definition) is 5. The zero-order chi connectivity index (χ0) is 21.2. The molecule has 0 saturated carbocycles. The molecule has 2 aromatic rings. The van der Waals surface area contributed by atoms with Crippen molar-refractivity contribution in [1.29, 1.82) is 0 Å². The number of aryl methyl sites for hydroxylation is 1. The van der Waals surface area contributed by atoms with Gasteiger partial charge in [0, 0.05) is 23.3 Å². The Morgan fingerprint density at radius 1 is 1.14 bits per heavy atom. The average molecular weight is 420 g/mol. The number of benzene rings is 2. The van der Waals surface area contributed by atoms with Gasteiger partial charge in [-0.2, -0.15) is 0 Å². The van der Waals surface area contributed by atoms with Crippen molar-refractivity contribution in [2.24, 2.45) is 0 Å². The number of nitrogens with one attached hydrogen (secondary N) is 2. The minimum Gasteiger partial charge on any atom is -0.493 e. The maximum Gasteiger partial charge on any atom is 0.262 e. The van der Waals surface area contributed by atoms with E-state index in [1.165, 1.54) is 0 Å². The summed E-state index contributed by atoms with van der Waals surface area (Å²) in [6.45, 7) is 4.42. The summed E-state index contributed by atoms with van der Waals surface area (Å²) in [6, 6.07) is 11.1. The van der Waals surface area contributed by atoms with Crippen LogP contribution in [0.2, 0.25) is 5.02 Å². The fraction of sp³-hybridized carbons (Fsp3) is 0.409. The Bertz CT molecular complexity index is 795. The van der Waals surface area contributed by atoms with Gasteiger partial charge in [-0.15, -0.1) is 0 Å². The van der Waals surface area contributed by atoms with Crippen LogP contribution in [-0.2, 0) is 11.3 Å². The number of rotatable bonds is 11. The van der Waals surface area contributed by atoms with E-state index in [0.717, 1.165) is 36.3 Å². The lowest BCUT2D eigenvalue weighted by Gasteiger charge is -2.15. The van der Waals surface area contributed by atoms with Crippen LogP contribution in [0.1, 0.15) is 17.5 Å². The fourth-order valence-electron chi connectivity index (χ4n) is 2.71. The summed E-state index contributed by atoms with van der Waals surface area (Å²) in [4.78, 5) is 14.3. The third-order valence-corrected chi connectivity index (χ3v) is 4.65. The van der Waals surface area contributed by atoms with Gasteiger partial charge in [0.1, 0.15) is 0 Å². The molecule has 0 aliphatic rings. The van der Waals surface area contributed by atoms with Crippen molar-refractivity contribution < 1.29 is 14.3 Å². The molecule has 0 saturated heterocycles. The van der Waals surface area contributed by atoms with E-state index in [2.05, 4.69) is 29.6 Å². The number of hydrogen-bond donors (Lipinski definition) is 2. The van der Waals surface area contributed by atoms with Gasteiger partial charge in [0.25, 0.3) is 5.91 Å². The Morgan fingerprint density at radius 2 is 1.86 bits per heavy atom. The molecule has 0 spiro atoms. The first-order chi connectivity index (χ1) is 13.9. The number of nitrogens with zero attached hydrogens (tertiary/aromatic N) is 1. The minimum absolute atomic E-state index is 0.136. The van der Waals surface area contributed by atoms with Gasteiger partial charge >= 0.3 is 0 Å². The van der Waals surface area contributed by atoms with Crippen molar-refractivity contribution in [3.63, 3.8) is 0 Å². The predicted octanol–water partition coefficient (Wildman–Crippen LogP) is 3.72. The monoisotopic (exact) mass is 419 g/mol. The van der Waals surface area contributed by atoms with Crippen LogP contribution >= 0.6 is 11.6 Å². The number of halogens is 1. The Balaban J connectivity index is 1.90. The minimum atomic E-state index is -0.251. The summed E-state index contributed by atoms with van der Waals surface area (Å²) in [6.07, 6.45) is 1.05. The fourth-order valence-corrected chi connectivity index (χ4v) is 2.93. The maximum atomic E-state index is 12.1. The number of anilines is 1. The molecular weight excluding hydrogens is 390 g/mol. The quantitative estimate of drug-likeness (QED) is 0.543. The Labute approximate surface area is 178 Å². The SMILES string of the molecule is COc1cc(CNCCCN(C)C)c(Cl)cc1OCC(=O)Nc1ccc(C)cc1. The summed E-state index contributed by atoms with van der Waals surface area (Å²) in [5.74, 6) is 0.731. The largest absolute Gasteiger partial charge is 0.493 e. The molecule has 0 fully saturated rings. The second-order valence-corrected chi connectivity index (χ2v) is 7.54. The van der Waals surface area contributed by atoms with E-state index in [1.807, 2.05) is 37.3 Å². The van der Waals surface area contributed by atoms with E-state index in [4.69, 9.17) is 21.1 Å². The molecule has 0 aliphatic carbocycles. The Kier molecular flexibility index (Phi) is 9.25. The Hall–Kier alpha value is -2.28. The zero-order valence-corrected chi connectivity index (χ0v) is 18.3. The lowest BCUT2D eigenvalue weighted by atomic mass is 10.2. The molecule has 0 unspecified atom stereocenters. The van der Waals surface area contributed by atoms with E-state index in [1.54, 1.807) is 13.2 Å². The van der Waals surface area contributed by atoms with Crippen LogP contribution in [0.25, 0.3) is 0 Å². The zero-order valence-electron chi connectivity index (χ0n) is 17.5. The van der Waals surface area contributed by atoms with E-state index >= 15 is 0 Å². The first-order valence-electron chi connectivity index (χ1n) is 9.60. The van der Waals surface area contributed by atoms with Crippen LogP contribution in [0.5, 0.6) is 11.5 Å². The summed E-state index contributed by atoms with van der Waals surface area (Å²) in [5, 5.41) is 6.75. The summed E-state index contributed by atoms with van der Waals surface area (Å²) >= 11 is 6.40. The second-order valence-electron chi connectivity index (χ2n) is 7.13. The van der Waals surface area contributed by atoms with E-state index in [0.29, 0.717) is 23.1 Å².